The third kappa shape index (κ3) is 1.64. The molecule has 0 amide bonds. The van der Waals surface area contributed by atoms with E-state index in [2.05, 4.69) is 63.7 Å². The summed E-state index contributed by atoms with van der Waals surface area (Å²) in [6.07, 6.45) is 0.488. The predicted octanol–water partition coefficient (Wildman–Crippen LogP) is 3.45. The number of esters is 1. The van der Waals surface area contributed by atoms with Crippen molar-refractivity contribution < 1.29 is 19.0 Å². The van der Waals surface area contributed by atoms with Gasteiger partial charge in [-0.1, -0.05) is 63.7 Å². The number of fused-ring (bicyclic) bond motifs is 2. The quantitative estimate of drug-likeness (QED) is 0.320. The fraction of sp³-hybridized carbons (Fsp3) is 0.727. The van der Waals surface area contributed by atoms with E-state index >= 15 is 0 Å². The van der Waals surface area contributed by atoms with Crippen molar-refractivity contribution in [2.24, 2.45) is 5.92 Å². The molecular weight excluding hydrogens is 516 g/mol. The number of carbonyl (C=O) groups is 1. The van der Waals surface area contributed by atoms with Gasteiger partial charge in [0.25, 0.3) is 0 Å². The lowest BCUT2D eigenvalue weighted by Crippen LogP contribution is -2.57. The topological polar surface area (TPSA) is 44.8 Å². The van der Waals surface area contributed by atoms with Gasteiger partial charge in [0.2, 0.25) is 5.79 Å². The van der Waals surface area contributed by atoms with Gasteiger partial charge in [-0.2, -0.15) is 0 Å². The van der Waals surface area contributed by atoms with Gasteiger partial charge in [-0.05, 0) is 6.42 Å². The SMILES string of the molecule is COC(=O)[C@H]1C[C@@]2(Br)C(Br)=C(Br)[C@]1(Br)C2(OC)OC. The van der Waals surface area contributed by atoms with Gasteiger partial charge in [-0.15, -0.1) is 0 Å². The molecule has 0 radical (unpaired) electrons. The maximum absolute atomic E-state index is 12.1. The Morgan fingerprint density at radius 1 is 1.16 bits per heavy atom. The zero-order chi connectivity index (χ0) is 14.6. The van der Waals surface area contributed by atoms with Gasteiger partial charge in [0.05, 0.1) is 13.0 Å². The van der Waals surface area contributed by atoms with Crippen LogP contribution >= 0.6 is 63.7 Å². The van der Waals surface area contributed by atoms with E-state index in [4.69, 9.17) is 14.2 Å². The molecule has 0 aromatic rings. The van der Waals surface area contributed by atoms with E-state index in [1.807, 2.05) is 0 Å². The first-order valence-electron chi connectivity index (χ1n) is 5.39. The zero-order valence-electron chi connectivity index (χ0n) is 10.4. The summed E-state index contributed by atoms with van der Waals surface area (Å²) in [5, 5.41) is 0. The molecule has 8 heteroatoms. The van der Waals surface area contributed by atoms with E-state index in [-0.39, 0.29) is 5.97 Å². The highest BCUT2D eigenvalue weighted by Gasteiger charge is 2.81. The number of methoxy groups -OCH3 is 3. The Hall–Kier alpha value is 1.05. The summed E-state index contributed by atoms with van der Waals surface area (Å²) in [5.74, 6) is -1.81. The molecule has 0 aromatic heterocycles. The fourth-order valence-electron chi connectivity index (χ4n) is 3.03. The Kier molecular flexibility index (Phi) is 4.37. The van der Waals surface area contributed by atoms with Crippen LogP contribution in [0.2, 0.25) is 0 Å². The minimum absolute atomic E-state index is 0.311. The smallest absolute Gasteiger partial charge is 0.310 e. The van der Waals surface area contributed by atoms with Crippen LogP contribution in [0.15, 0.2) is 8.96 Å². The normalized spacial score (nSPS) is 39.8. The summed E-state index contributed by atoms with van der Waals surface area (Å²) in [6, 6.07) is 0. The Labute approximate surface area is 145 Å². The molecule has 2 rings (SSSR count). The average Bonchev–Trinajstić information content (AvgIpc) is 2.69. The second-order valence-electron chi connectivity index (χ2n) is 4.45. The Balaban J connectivity index is 2.68. The second kappa shape index (κ2) is 5.05. The van der Waals surface area contributed by atoms with E-state index in [1.165, 1.54) is 7.11 Å². The number of alkyl halides is 2. The number of halogens is 4. The molecule has 0 aromatic carbocycles. The highest BCUT2D eigenvalue weighted by atomic mass is 79.9. The van der Waals surface area contributed by atoms with Crippen molar-refractivity contribution in [3.05, 3.63) is 8.96 Å². The molecule has 0 aliphatic heterocycles. The first kappa shape index (κ1) is 16.4. The van der Waals surface area contributed by atoms with Crippen LogP contribution in [-0.2, 0) is 19.0 Å². The molecule has 2 aliphatic rings. The number of hydrogen-bond acceptors (Lipinski definition) is 4. The minimum Gasteiger partial charge on any atom is -0.469 e. The van der Waals surface area contributed by atoms with Crippen LogP contribution < -0.4 is 0 Å². The molecule has 1 saturated carbocycles. The highest BCUT2D eigenvalue weighted by molar-refractivity contribution is 9.16. The van der Waals surface area contributed by atoms with Gasteiger partial charge in [0, 0.05) is 23.2 Å². The van der Waals surface area contributed by atoms with Gasteiger partial charge in [-0.25, -0.2) is 0 Å². The van der Waals surface area contributed by atoms with Gasteiger partial charge in [-0.3, -0.25) is 4.79 Å². The lowest BCUT2D eigenvalue weighted by atomic mass is 9.92. The molecule has 0 spiro atoms. The molecular formula is C11H12Br4O4. The molecule has 0 N–H and O–H groups in total. The van der Waals surface area contributed by atoms with E-state index in [9.17, 15) is 4.79 Å². The van der Waals surface area contributed by atoms with Crippen LogP contribution in [0.5, 0.6) is 0 Å². The van der Waals surface area contributed by atoms with Gasteiger partial charge < -0.3 is 14.2 Å². The minimum atomic E-state index is -1.06. The fourth-order valence-corrected chi connectivity index (χ4v) is 7.81. The molecule has 1 fully saturated rings. The summed E-state index contributed by atoms with van der Waals surface area (Å²) < 4.78 is 16.4. The van der Waals surface area contributed by atoms with E-state index in [0.29, 0.717) is 6.42 Å². The van der Waals surface area contributed by atoms with Gasteiger partial charge in [0.15, 0.2) is 0 Å². The van der Waals surface area contributed by atoms with Crippen LogP contribution in [0.4, 0.5) is 0 Å². The molecule has 0 heterocycles. The first-order valence-corrected chi connectivity index (χ1v) is 8.56. The summed E-state index contributed by atoms with van der Waals surface area (Å²) >= 11 is 14.4. The van der Waals surface area contributed by atoms with Crippen molar-refractivity contribution >= 4 is 69.7 Å². The zero-order valence-corrected chi connectivity index (χ0v) is 16.8. The maximum atomic E-state index is 12.1. The molecule has 2 aliphatic carbocycles. The Morgan fingerprint density at radius 3 is 2.05 bits per heavy atom. The molecule has 2 bridgehead atoms. The lowest BCUT2D eigenvalue weighted by molar-refractivity contribution is -0.214. The van der Waals surface area contributed by atoms with Crippen molar-refractivity contribution in [2.45, 2.75) is 20.9 Å². The molecule has 19 heavy (non-hydrogen) atoms. The highest BCUT2D eigenvalue weighted by Crippen LogP contribution is 2.73. The largest absolute Gasteiger partial charge is 0.469 e. The molecule has 108 valence electrons. The summed E-state index contributed by atoms with van der Waals surface area (Å²) in [5.41, 5.74) is 0. The van der Waals surface area contributed by atoms with Crippen molar-refractivity contribution in [1.82, 2.24) is 0 Å². The summed E-state index contributed by atoms with van der Waals surface area (Å²) in [4.78, 5) is 12.1. The van der Waals surface area contributed by atoms with E-state index in [1.54, 1.807) is 14.2 Å². The van der Waals surface area contributed by atoms with Crippen molar-refractivity contribution in [3.63, 3.8) is 0 Å². The van der Waals surface area contributed by atoms with Crippen LogP contribution in [-0.4, -0.2) is 41.7 Å². The van der Waals surface area contributed by atoms with E-state index < -0.39 is 20.4 Å². The number of rotatable bonds is 3. The van der Waals surface area contributed by atoms with Crippen molar-refractivity contribution in [3.8, 4) is 0 Å². The summed E-state index contributed by atoms with van der Waals surface area (Å²) in [7, 11) is 4.49. The lowest BCUT2D eigenvalue weighted by Gasteiger charge is -2.41. The number of hydrogen-bond donors (Lipinski definition) is 0. The second-order valence-corrected chi connectivity index (χ2v) is 8.64. The van der Waals surface area contributed by atoms with Crippen molar-refractivity contribution in [1.29, 1.82) is 0 Å². The van der Waals surface area contributed by atoms with Crippen LogP contribution in [0.25, 0.3) is 0 Å². The van der Waals surface area contributed by atoms with Crippen LogP contribution in [0.3, 0.4) is 0 Å². The van der Waals surface area contributed by atoms with Crippen LogP contribution in [0, 0.1) is 5.92 Å². The molecule has 4 nitrogen and oxygen atoms in total. The maximum Gasteiger partial charge on any atom is 0.310 e. The monoisotopic (exact) mass is 524 g/mol. The molecule has 0 saturated heterocycles. The molecule has 3 atom stereocenters. The standard InChI is InChI=1S/C11H12Br4O4/c1-17-8(16)5-4-9(14)6(12)7(13)10(5,15)11(9,18-2)19-3/h5H,4H2,1-3H3/t5-,9-,10+/m1/s1. The Bertz CT molecular complexity index is 462. The third-order valence-corrected chi connectivity index (χ3v) is 10.3. The van der Waals surface area contributed by atoms with Gasteiger partial charge >= 0.3 is 5.97 Å². The van der Waals surface area contributed by atoms with Crippen molar-refractivity contribution in [2.75, 3.05) is 21.3 Å². The molecule has 0 unspecified atom stereocenters. The Morgan fingerprint density at radius 2 is 1.68 bits per heavy atom. The van der Waals surface area contributed by atoms with E-state index in [0.717, 1.165) is 8.96 Å². The number of carbonyl (C=O) groups excluding carboxylic acids is 1. The van der Waals surface area contributed by atoms with Gasteiger partial charge in [0.1, 0.15) is 8.65 Å². The summed E-state index contributed by atoms with van der Waals surface area (Å²) in [6.45, 7) is 0. The third-order valence-electron chi connectivity index (χ3n) is 3.89. The average molecular weight is 528 g/mol. The van der Waals surface area contributed by atoms with Crippen LogP contribution in [0.1, 0.15) is 6.42 Å². The predicted molar refractivity (Wildman–Crippen MR) is 85.1 cm³/mol. The number of ether oxygens (including phenoxy) is 3. The first-order chi connectivity index (χ1) is 8.76.